The van der Waals surface area contributed by atoms with Crippen LogP contribution in [0.5, 0.6) is 0 Å². The van der Waals surface area contributed by atoms with Gasteiger partial charge < -0.3 is 0 Å². The highest BCUT2D eigenvalue weighted by molar-refractivity contribution is 7.20. The molecule has 0 aliphatic carbocycles. The average Bonchev–Trinajstić information content (AvgIpc) is 3.11. The Labute approximate surface area is 128 Å². The highest BCUT2D eigenvalue weighted by atomic mass is 32.1. The van der Waals surface area contributed by atoms with Crippen molar-refractivity contribution in [1.82, 2.24) is 14.4 Å². The van der Waals surface area contributed by atoms with E-state index in [1.165, 1.54) is 17.4 Å². The van der Waals surface area contributed by atoms with Gasteiger partial charge in [0.05, 0.1) is 10.6 Å². The second-order valence-electron chi connectivity index (χ2n) is 4.72. The van der Waals surface area contributed by atoms with Gasteiger partial charge in [0.15, 0.2) is 16.6 Å². The molecule has 22 heavy (non-hydrogen) atoms. The molecular formula is C16H9F2N3S. The summed E-state index contributed by atoms with van der Waals surface area (Å²) in [6.45, 7) is 0. The Morgan fingerprint density at radius 2 is 1.73 bits per heavy atom. The van der Waals surface area contributed by atoms with Crippen LogP contribution in [0.2, 0.25) is 0 Å². The molecule has 0 atom stereocenters. The van der Waals surface area contributed by atoms with Crippen LogP contribution in [-0.4, -0.2) is 14.4 Å². The van der Waals surface area contributed by atoms with E-state index >= 15 is 0 Å². The van der Waals surface area contributed by atoms with Crippen molar-refractivity contribution in [3.63, 3.8) is 0 Å². The summed E-state index contributed by atoms with van der Waals surface area (Å²) in [6.07, 6.45) is 6.90. The van der Waals surface area contributed by atoms with Crippen LogP contribution in [-0.2, 0) is 0 Å². The van der Waals surface area contributed by atoms with Crippen molar-refractivity contribution in [1.29, 1.82) is 0 Å². The normalized spacial score (nSPS) is 11.2. The number of hydrogen-bond acceptors (Lipinski definition) is 3. The van der Waals surface area contributed by atoms with Gasteiger partial charge in [-0.3, -0.25) is 9.38 Å². The molecule has 108 valence electrons. The lowest BCUT2D eigenvalue weighted by atomic mass is 10.1. The van der Waals surface area contributed by atoms with E-state index in [0.29, 0.717) is 5.56 Å². The van der Waals surface area contributed by atoms with Gasteiger partial charge in [-0.05, 0) is 35.9 Å². The molecule has 0 spiro atoms. The highest BCUT2D eigenvalue weighted by Crippen LogP contribution is 2.39. The SMILES string of the molecule is Fc1ccc(-c2c(-c3ccncc3)sc3nccn23)cc1F. The Bertz CT molecular complexity index is 960. The third kappa shape index (κ3) is 2.00. The van der Waals surface area contributed by atoms with E-state index in [0.717, 1.165) is 27.2 Å². The Hall–Kier alpha value is -2.60. The summed E-state index contributed by atoms with van der Waals surface area (Å²) in [6, 6.07) is 7.69. The van der Waals surface area contributed by atoms with Crippen LogP contribution in [0.4, 0.5) is 8.78 Å². The van der Waals surface area contributed by atoms with Crippen molar-refractivity contribution in [3.05, 3.63) is 66.8 Å². The average molecular weight is 313 g/mol. The van der Waals surface area contributed by atoms with Gasteiger partial charge in [0.1, 0.15) is 0 Å². The monoisotopic (exact) mass is 313 g/mol. The van der Waals surface area contributed by atoms with Crippen LogP contribution in [0.15, 0.2) is 55.1 Å². The summed E-state index contributed by atoms with van der Waals surface area (Å²) in [5, 5.41) is 0. The zero-order chi connectivity index (χ0) is 15.1. The maximum Gasteiger partial charge on any atom is 0.194 e. The lowest BCUT2D eigenvalue weighted by Gasteiger charge is -2.06. The molecule has 0 bridgehead atoms. The Kier molecular flexibility index (Phi) is 2.97. The van der Waals surface area contributed by atoms with Crippen LogP contribution >= 0.6 is 11.3 Å². The molecule has 0 aliphatic heterocycles. The van der Waals surface area contributed by atoms with Crippen molar-refractivity contribution in [2.45, 2.75) is 0 Å². The van der Waals surface area contributed by atoms with Gasteiger partial charge in [-0.15, -0.1) is 0 Å². The molecule has 4 aromatic rings. The molecule has 3 heterocycles. The highest BCUT2D eigenvalue weighted by Gasteiger charge is 2.17. The number of benzene rings is 1. The standard InChI is InChI=1S/C16H9F2N3S/c17-12-2-1-11(9-13(12)18)14-15(10-3-5-19-6-4-10)22-16-20-7-8-21(14)16/h1-9H. The summed E-state index contributed by atoms with van der Waals surface area (Å²) in [7, 11) is 0. The number of rotatable bonds is 2. The Morgan fingerprint density at radius 1 is 0.909 bits per heavy atom. The van der Waals surface area contributed by atoms with E-state index in [1.807, 2.05) is 22.7 Å². The van der Waals surface area contributed by atoms with Crippen LogP contribution in [0, 0.1) is 11.6 Å². The lowest BCUT2D eigenvalue weighted by Crippen LogP contribution is -1.90. The molecule has 6 heteroatoms. The number of imidazole rings is 1. The van der Waals surface area contributed by atoms with E-state index < -0.39 is 11.6 Å². The van der Waals surface area contributed by atoms with Crippen LogP contribution in [0.3, 0.4) is 0 Å². The van der Waals surface area contributed by atoms with Gasteiger partial charge in [-0.2, -0.15) is 0 Å². The molecule has 0 fully saturated rings. The molecule has 1 aromatic carbocycles. The van der Waals surface area contributed by atoms with Gasteiger partial charge in [-0.1, -0.05) is 11.3 Å². The minimum absolute atomic E-state index is 0.606. The first-order chi connectivity index (χ1) is 10.7. The van der Waals surface area contributed by atoms with E-state index in [1.54, 1.807) is 24.7 Å². The predicted molar refractivity (Wildman–Crippen MR) is 81.7 cm³/mol. The fraction of sp³-hybridized carbons (Fsp3) is 0. The van der Waals surface area contributed by atoms with E-state index in [4.69, 9.17) is 0 Å². The molecule has 0 aliphatic rings. The van der Waals surface area contributed by atoms with E-state index in [9.17, 15) is 8.78 Å². The molecule has 3 nitrogen and oxygen atoms in total. The molecular weight excluding hydrogens is 304 g/mol. The van der Waals surface area contributed by atoms with Gasteiger partial charge >= 0.3 is 0 Å². The summed E-state index contributed by atoms with van der Waals surface area (Å²) in [4.78, 5) is 10.0. The molecule has 3 aromatic heterocycles. The van der Waals surface area contributed by atoms with Crippen LogP contribution in [0.25, 0.3) is 26.7 Å². The number of nitrogens with zero attached hydrogens (tertiary/aromatic N) is 3. The first-order valence-electron chi connectivity index (χ1n) is 6.56. The quantitative estimate of drug-likeness (QED) is 0.549. The zero-order valence-electron chi connectivity index (χ0n) is 11.2. The summed E-state index contributed by atoms with van der Waals surface area (Å²) >= 11 is 1.50. The van der Waals surface area contributed by atoms with Gasteiger partial charge in [-0.25, -0.2) is 13.8 Å². The second-order valence-corrected chi connectivity index (χ2v) is 5.70. The van der Waals surface area contributed by atoms with Crippen molar-refractivity contribution in [2.75, 3.05) is 0 Å². The molecule has 4 rings (SSSR count). The zero-order valence-corrected chi connectivity index (χ0v) is 12.0. The number of hydrogen-bond donors (Lipinski definition) is 0. The fourth-order valence-electron chi connectivity index (χ4n) is 2.40. The Morgan fingerprint density at radius 3 is 2.50 bits per heavy atom. The second kappa shape index (κ2) is 4.99. The number of pyridine rings is 1. The van der Waals surface area contributed by atoms with Crippen molar-refractivity contribution in [3.8, 4) is 21.7 Å². The van der Waals surface area contributed by atoms with Crippen LogP contribution < -0.4 is 0 Å². The molecule has 0 saturated heterocycles. The Balaban J connectivity index is 2.02. The maximum atomic E-state index is 13.6. The predicted octanol–water partition coefficient (Wildman–Crippen LogP) is 4.40. The van der Waals surface area contributed by atoms with Gasteiger partial charge in [0.2, 0.25) is 0 Å². The third-order valence-corrected chi connectivity index (χ3v) is 4.51. The lowest BCUT2D eigenvalue weighted by molar-refractivity contribution is 0.509. The maximum absolute atomic E-state index is 13.6. The summed E-state index contributed by atoms with van der Waals surface area (Å²) in [5.74, 6) is -1.72. The number of halogens is 2. The first kappa shape index (κ1) is 13.1. The number of thiazole rings is 1. The summed E-state index contributed by atoms with van der Waals surface area (Å²) in [5.41, 5.74) is 2.36. The molecule has 0 amide bonds. The molecule has 0 N–H and O–H groups in total. The topological polar surface area (TPSA) is 30.2 Å². The first-order valence-corrected chi connectivity index (χ1v) is 7.37. The van der Waals surface area contributed by atoms with Gasteiger partial charge in [0, 0.05) is 30.4 Å². The summed E-state index contributed by atoms with van der Waals surface area (Å²) < 4.78 is 28.7. The van der Waals surface area contributed by atoms with Crippen molar-refractivity contribution in [2.24, 2.45) is 0 Å². The smallest absolute Gasteiger partial charge is 0.194 e. The molecule has 0 unspecified atom stereocenters. The fourth-order valence-corrected chi connectivity index (χ4v) is 3.51. The minimum Gasteiger partial charge on any atom is -0.290 e. The van der Waals surface area contributed by atoms with Crippen LogP contribution in [0.1, 0.15) is 0 Å². The van der Waals surface area contributed by atoms with Crippen molar-refractivity contribution >= 4 is 16.3 Å². The number of aromatic nitrogens is 3. The third-order valence-electron chi connectivity index (χ3n) is 3.39. The van der Waals surface area contributed by atoms with E-state index in [2.05, 4.69) is 9.97 Å². The number of fused-ring (bicyclic) bond motifs is 1. The largest absolute Gasteiger partial charge is 0.290 e. The molecule has 0 radical (unpaired) electrons. The molecule has 0 saturated carbocycles. The van der Waals surface area contributed by atoms with Crippen molar-refractivity contribution < 1.29 is 8.78 Å². The minimum atomic E-state index is -0.863. The van der Waals surface area contributed by atoms with E-state index in [-0.39, 0.29) is 0 Å². The van der Waals surface area contributed by atoms with Gasteiger partial charge in [0.25, 0.3) is 0 Å².